The largest absolute Gasteiger partial charge is 0.244 e. The van der Waals surface area contributed by atoms with Crippen LogP contribution in [0.3, 0.4) is 0 Å². The Morgan fingerprint density at radius 3 is 2.53 bits per heavy atom. The van der Waals surface area contributed by atoms with Crippen LogP contribution >= 0.6 is 11.3 Å². The van der Waals surface area contributed by atoms with Crippen LogP contribution in [-0.2, 0) is 23.1 Å². The van der Waals surface area contributed by atoms with E-state index in [0.717, 1.165) is 15.6 Å². The molecule has 0 N–H and O–H groups in total. The van der Waals surface area contributed by atoms with Crippen molar-refractivity contribution in [1.29, 1.82) is 0 Å². The second-order valence-corrected chi connectivity index (χ2v) is 7.21. The summed E-state index contributed by atoms with van der Waals surface area (Å²) in [5, 5.41) is 1.10. The van der Waals surface area contributed by atoms with Crippen LogP contribution in [-0.4, -0.2) is 24.0 Å². The van der Waals surface area contributed by atoms with Gasteiger partial charge in [-0.2, -0.15) is 4.31 Å². The highest BCUT2D eigenvalue weighted by molar-refractivity contribution is 7.88. The highest BCUT2D eigenvalue weighted by atomic mass is 32.2. The minimum Gasteiger partial charge on any atom is -0.244 e. The molecule has 0 saturated heterocycles. The Hall–Kier alpha value is -0.460. The van der Waals surface area contributed by atoms with Crippen LogP contribution in [0.2, 0.25) is 0 Å². The van der Waals surface area contributed by atoms with E-state index in [-0.39, 0.29) is 0 Å². The zero-order valence-electron chi connectivity index (χ0n) is 9.02. The molecule has 4 nitrogen and oxygen atoms in total. The summed E-state index contributed by atoms with van der Waals surface area (Å²) in [6, 6.07) is 0. The first-order valence-corrected chi connectivity index (χ1v) is 7.48. The summed E-state index contributed by atoms with van der Waals surface area (Å²) in [5.74, 6) is 0.423. The Kier molecular flexibility index (Phi) is 2.60. The number of sulfonamides is 1. The van der Waals surface area contributed by atoms with Crippen molar-refractivity contribution in [3.63, 3.8) is 0 Å². The first-order valence-electron chi connectivity index (χ1n) is 4.81. The summed E-state index contributed by atoms with van der Waals surface area (Å²) in [7, 11) is -3.07. The minimum absolute atomic E-state index is 0.423. The molecule has 0 amide bonds. The van der Waals surface area contributed by atoms with Crippen LogP contribution in [0.4, 0.5) is 0 Å². The molecule has 0 aromatic carbocycles. The lowest BCUT2D eigenvalue weighted by atomic mass is 10.2. The van der Waals surface area contributed by atoms with Crippen molar-refractivity contribution in [3.05, 3.63) is 15.6 Å². The number of fused-ring (bicyclic) bond motifs is 1. The number of aromatic nitrogens is 1. The van der Waals surface area contributed by atoms with Crippen molar-refractivity contribution in [1.82, 2.24) is 9.29 Å². The van der Waals surface area contributed by atoms with Crippen molar-refractivity contribution >= 4 is 21.4 Å². The maximum atomic E-state index is 11.3. The molecule has 1 aliphatic heterocycles. The van der Waals surface area contributed by atoms with Gasteiger partial charge < -0.3 is 0 Å². The van der Waals surface area contributed by atoms with Gasteiger partial charge in [0.2, 0.25) is 10.0 Å². The molecule has 0 atom stereocenters. The maximum absolute atomic E-state index is 11.3. The van der Waals surface area contributed by atoms with Crippen LogP contribution in [0.25, 0.3) is 0 Å². The van der Waals surface area contributed by atoms with Gasteiger partial charge in [0.25, 0.3) is 0 Å². The van der Waals surface area contributed by atoms with Crippen molar-refractivity contribution < 1.29 is 8.42 Å². The van der Waals surface area contributed by atoms with Crippen LogP contribution in [0.15, 0.2) is 0 Å². The van der Waals surface area contributed by atoms with E-state index >= 15 is 0 Å². The lowest BCUT2D eigenvalue weighted by Gasteiger charge is -2.11. The molecule has 0 radical (unpaired) electrons. The molecule has 1 aromatic rings. The lowest BCUT2D eigenvalue weighted by Crippen LogP contribution is -2.24. The van der Waals surface area contributed by atoms with Crippen molar-refractivity contribution in [3.8, 4) is 0 Å². The molecule has 0 unspecified atom stereocenters. The molecule has 2 rings (SSSR count). The fourth-order valence-electron chi connectivity index (χ4n) is 1.51. The van der Waals surface area contributed by atoms with E-state index in [4.69, 9.17) is 0 Å². The maximum Gasteiger partial charge on any atom is 0.211 e. The predicted octanol–water partition coefficient (Wildman–Crippen LogP) is 1.54. The fraction of sp³-hybridized carbons (Fsp3) is 0.667. The van der Waals surface area contributed by atoms with E-state index in [0.29, 0.717) is 19.0 Å². The topological polar surface area (TPSA) is 50.3 Å². The number of hydrogen-bond donors (Lipinski definition) is 0. The van der Waals surface area contributed by atoms with E-state index in [1.807, 2.05) is 0 Å². The molecule has 15 heavy (non-hydrogen) atoms. The second kappa shape index (κ2) is 3.54. The molecule has 2 heterocycles. The highest BCUT2D eigenvalue weighted by Gasteiger charge is 2.29. The Morgan fingerprint density at radius 1 is 1.40 bits per heavy atom. The zero-order valence-corrected chi connectivity index (χ0v) is 10.7. The lowest BCUT2D eigenvalue weighted by molar-refractivity contribution is 0.434. The van der Waals surface area contributed by atoms with Crippen LogP contribution in [0.1, 0.15) is 35.3 Å². The van der Waals surface area contributed by atoms with Gasteiger partial charge in [0, 0.05) is 10.8 Å². The molecule has 0 fully saturated rings. The molecular formula is C9H14N2O2S2. The second-order valence-electron chi connectivity index (χ2n) is 4.11. The van der Waals surface area contributed by atoms with Gasteiger partial charge in [0.1, 0.15) is 0 Å². The summed E-state index contributed by atoms with van der Waals surface area (Å²) < 4.78 is 24.1. The van der Waals surface area contributed by atoms with Crippen LogP contribution in [0, 0.1) is 0 Å². The summed E-state index contributed by atoms with van der Waals surface area (Å²) in [4.78, 5) is 5.57. The van der Waals surface area contributed by atoms with Gasteiger partial charge in [-0.3, -0.25) is 0 Å². The van der Waals surface area contributed by atoms with E-state index in [9.17, 15) is 8.42 Å². The third-order valence-corrected chi connectivity index (χ3v) is 4.98. The molecule has 0 saturated carbocycles. The molecule has 0 spiro atoms. The van der Waals surface area contributed by atoms with Gasteiger partial charge in [-0.25, -0.2) is 13.4 Å². The average molecular weight is 246 g/mol. The first kappa shape index (κ1) is 11.0. The third-order valence-electron chi connectivity index (χ3n) is 2.40. The van der Waals surface area contributed by atoms with Gasteiger partial charge in [-0.1, -0.05) is 13.8 Å². The van der Waals surface area contributed by atoms with E-state index in [1.54, 1.807) is 11.3 Å². The fourth-order valence-corrected chi connectivity index (χ4v) is 3.41. The molecule has 1 aromatic heterocycles. The monoisotopic (exact) mass is 246 g/mol. The molecule has 1 aliphatic rings. The highest BCUT2D eigenvalue weighted by Crippen LogP contribution is 2.32. The number of hydrogen-bond acceptors (Lipinski definition) is 4. The quantitative estimate of drug-likeness (QED) is 0.795. The molecule has 0 bridgehead atoms. The van der Waals surface area contributed by atoms with Gasteiger partial charge in [0.15, 0.2) is 0 Å². The summed E-state index contributed by atoms with van der Waals surface area (Å²) in [6.45, 7) is 5.14. The van der Waals surface area contributed by atoms with Crippen molar-refractivity contribution in [2.75, 3.05) is 6.26 Å². The van der Waals surface area contributed by atoms with Gasteiger partial charge in [-0.15, -0.1) is 11.3 Å². The summed E-state index contributed by atoms with van der Waals surface area (Å²) in [5.41, 5.74) is 0.939. The normalized spacial score (nSPS) is 17.3. The predicted molar refractivity (Wildman–Crippen MR) is 60.3 cm³/mol. The van der Waals surface area contributed by atoms with Gasteiger partial charge >= 0.3 is 0 Å². The number of thiazole rings is 1. The van der Waals surface area contributed by atoms with E-state index < -0.39 is 10.0 Å². The molecule has 0 aliphatic carbocycles. The Labute approximate surface area is 94.0 Å². The van der Waals surface area contributed by atoms with Gasteiger partial charge in [-0.05, 0) is 0 Å². The standard InChI is InChI=1S/C9H14N2O2S2/c1-6(2)9-10-7-4-11(15(3,12)13)5-8(7)14-9/h6H,4-5H2,1-3H3. The summed E-state index contributed by atoms with van der Waals surface area (Å²) >= 11 is 1.63. The Bertz CT molecular complexity index is 453. The summed E-state index contributed by atoms with van der Waals surface area (Å²) in [6.07, 6.45) is 1.24. The minimum atomic E-state index is -3.07. The average Bonchev–Trinajstić information content (AvgIpc) is 2.55. The number of nitrogens with zero attached hydrogens (tertiary/aromatic N) is 2. The molecular weight excluding hydrogens is 232 g/mol. The van der Waals surface area contributed by atoms with E-state index in [2.05, 4.69) is 18.8 Å². The number of rotatable bonds is 2. The smallest absolute Gasteiger partial charge is 0.211 e. The zero-order chi connectivity index (χ0) is 11.2. The first-order chi connectivity index (χ1) is 6.88. The van der Waals surface area contributed by atoms with Crippen LogP contribution < -0.4 is 0 Å². The Morgan fingerprint density at radius 2 is 2.07 bits per heavy atom. The molecule has 84 valence electrons. The SMILES string of the molecule is CC(C)c1nc2c(s1)CN(S(C)(=O)=O)C2. The van der Waals surface area contributed by atoms with Crippen molar-refractivity contribution in [2.24, 2.45) is 0 Å². The van der Waals surface area contributed by atoms with Gasteiger partial charge in [0.05, 0.1) is 30.0 Å². The Balaban J connectivity index is 2.24. The molecule has 6 heteroatoms. The van der Waals surface area contributed by atoms with E-state index in [1.165, 1.54) is 10.6 Å². The van der Waals surface area contributed by atoms with Crippen LogP contribution in [0.5, 0.6) is 0 Å². The third kappa shape index (κ3) is 2.07. The van der Waals surface area contributed by atoms with Crippen molar-refractivity contribution in [2.45, 2.75) is 32.9 Å².